The molecular formula is C10H13FO. The standard InChI is InChI=1S/C10H13FO/c1-10(2,11)9-5-3-4-8(6-9)7-12/h3-6,12H,7H2,1-2H3. The van der Waals surface area contributed by atoms with E-state index in [1.807, 2.05) is 0 Å². The zero-order valence-corrected chi connectivity index (χ0v) is 7.34. The van der Waals surface area contributed by atoms with Crippen molar-refractivity contribution >= 4 is 0 Å². The predicted molar refractivity (Wildman–Crippen MR) is 46.5 cm³/mol. The van der Waals surface area contributed by atoms with Gasteiger partial charge < -0.3 is 5.11 Å². The Balaban J connectivity index is 3.02. The first-order valence-corrected chi connectivity index (χ1v) is 3.93. The van der Waals surface area contributed by atoms with E-state index in [1.54, 1.807) is 24.3 Å². The van der Waals surface area contributed by atoms with Crippen molar-refractivity contribution in [2.75, 3.05) is 0 Å². The van der Waals surface area contributed by atoms with Crippen LogP contribution in [0.4, 0.5) is 4.39 Å². The number of alkyl halides is 1. The Morgan fingerprint density at radius 3 is 2.58 bits per heavy atom. The van der Waals surface area contributed by atoms with E-state index in [2.05, 4.69) is 0 Å². The summed E-state index contributed by atoms with van der Waals surface area (Å²) in [4.78, 5) is 0. The molecule has 0 heterocycles. The molecule has 0 aliphatic carbocycles. The van der Waals surface area contributed by atoms with Crippen LogP contribution in [0.5, 0.6) is 0 Å². The summed E-state index contributed by atoms with van der Waals surface area (Å²) in [6.45, 7) is 2.97. The van der Waals surface area contributed by atoms with Crippen molar-refractivity contribution < 1.29 is 9.50 Å². The van der Waals surface area contributed by atoms with Gasteiger partial charge in [0.25, 0.3) is 0 Å². The number of hydrogen-bond acceptors (Lipinski definition) is 1. The second-order valence-electron chi connectivity index (χ2n) is 3.33. The van der Waals surface area contributed by atoms with Gasteiger partial charge in [-0.05, 0) is 25.0 Å². The van der Waals surface area contributed by atoms with Gasteiger partial charge in [-0.25, -0.2) is 4.39 Å². The minimum absolute atomic E-state index is 0.0378. The lowest BCUT2D eigenvalue weighted by Crippen LogP contribution is -2.09. The van der Waals surface area contributed by atoms with Crippen molar-refractivity contribution in [1.82, 2.24) is 0 Å². The third-order valence-electron chi connectivity index (χ3n) is 1.80. The first-order chi connectivity index (χ1) is 5.54. The van der Waals surface area contributed by atoms with E-state index in [0.29, 0.717) is 5.56 Å². The smallest absolute Gasteiger partial charge is 0.130 e. The molecule has 0 saturated heterocycles. The summed E-state index contributed by atoms with van der Waals surface area (Å²) < 4.78 is 13.4. The summed E-state index contributed by atoms with van der Waals surface area (Å²) >= 11 is 0. The predicted octanol–water partition coefficient (Wildman–Crippen LogP) is 2.38. The Kier molecular flexibility index (Phi) is 2.48. The Morgan fingerprint density at radius 2 is 2.08 bits per heavy atom. The van der Waals surface area contributed by atoms with Gasteiger partial charge in [0.05, 0.1) is 6.61 Å². The molecular weight excluding hydrogens is 155 g/mol. The molecule has 1 rings (SSSR count). The molecule has 1 nitrogen and oxygen atoms in total. The number of aliphatic hydroxyl groups is 1. The Labute approximate surface area is 71.9 Å². The lowest BCUT2D eigenvalue weighted by Gasteiger charge is -2.14. The van der Waals surface area contributed by atoms with Crippen LogP contribution in [-0.4, -0.2) is 5.11 Å². The van der Waals surface area contributed by atoms with Crippen molar-refractivity contribution in [3.63, 3.8) is 0 Å². The normalized spacial score (nSPS) is 11.7. The first-order valence-electron chi connectivity index (χ1n) is 3.93. The van der Waals surface area contributed by atoms with Gasteiger partial charge in [-0.2, -0.15) is 0 Å². The van der Waals surface area contributed by atoms with Crippen molar-refractivity contribution in [3.05, 3.63) is 35.4 Å². The monoisotopic (exact) mass is 168 g/mol. The Hall–Kier alpha value is -0.890. The second-order valence-corrected chi connectivity index (χ2v) is 3.33. The molecule has 66 valence electrons. The molecule has 0 unspecified atom stereocenters. The van der Waals surface area contributed by atoms with Crippen LogP contribution in [0, 0.1) is 0 Å². The summed E-state index contributed by atoms with van der Waals surface area (Å²) in [7, 11) is 0. The number of aliphatic hydroxyl groups excluding tert-OH is 1. The van der Waals surface area contributed by atoms with Crippen molar-refractivity contribution in [3.8, 4) is 0 Å². The molecule has 12 heavy (non-hydrogen) atoms. The van der Waals surface area contributed by atoms with E-state index >= 15 is 0 Å². The highest BCUT2D eigenvalue weighted by atomic mass is 19.1. The molecule has 0 radical (unpaired) electrons. The van der Waals surface area contributed by atoms with Crippen molar-refractivity contribution in [2.24, 2.45) is 0 Å². The summed E-state index contributed by atoms with van der Waals surface area (Å²) in [5.41, 5.74) is 0.0258. The van der Waals surface area contributed by atoms with Gasteiger partial charge in [-0.15, -0.1) is 0 Å². The van der Waals surface area contributed by atoms with Gasteiger partial charge in [-0.1, -0.05) is 24.3 Å². The molecule has 0 bridgehead atoms. The highest BCUT2D eigenvalue weighted by Crippen LogP contribution is 2.24. The van der Waals surface area contributed by atoms with Crippen LogP contribution in [0.25, 0.3) is 0 Å². The minimum atomic E-state index is -1.33. The molecule has 0 atom stereocenters. The van der Waals surface area contributed by atoms with Crippen LogP contribution >= 0.6 is 0 Å². The molecule has 0 saturated carbocycles. The maximum Gasteiger partial charge on any atom is 0.130 e. The average Bonchev–Trinajstić information content (AvgIpc) is 2.03. The molecule has 1 N–H and O–H groups in total. The van der Waals surface area contributed by atoms with Crippen LogP contribution in [0.1, 0.15) is 25.0 Å². The highest BCUT2D eigenvalue weighted by Gasteiger charge is 2.18. The third kappa shape index (κ3) is 2.05. The summed E-state index contributed by atoms with van der Waals surface area (Å²) in [5.74, 6) is 0. The average molecular weight is 168 g/mol. The van der Waals surface area contributed by atoms with Crippen LogP contribution in [0.3, 0.4) is 0 Å². The van der Waals surface area contributed by atoms with E-state index < -0.39 is 5.67 Å². The number of rotatable bonds is 2. The molecule has 1 aromatic rings. The largest absolute Gasteiger partial charge is 0.392 e. The lowest BCUT2D eigenvalue weighted by molar-refractivity contribution is 0.220. The maximum absolute atomic E-state index is 13.4. The molecule has 2 heteroatoms. The van der Waals surface area contributed by atoms with Crippen LogP contribution in [-0.2, 0) is 12.3 Å². The van der Waals surface area contributed by atoms with Gasteiger partial charge in [0.15, 0.2) is 0 Å². The molecule has 0 fully saturated rings. The zero-order valence-electron chi connectivity index (χ0n) is 7.34. The summed E-state index contributed by atoms with van der Waals surface area (Å²) in [6.07, 6.45) is 0. The van der Waals surface area contributed by atoms with Crippen LogP contribution in [0.2, 0.25) is 0 Å². The molecule has 0 aliphatic rings. The van der Waals surface area contributed by atoms with E-state index in [9.17, 15) is 4.39 Å². The number of hydrogen-bond donors (Lipinski definition) is 1. The van der Waals surface area contributed by atoms with Gasteiger partial charge in [0.2, 0.25) is 0 Å². The fraction of sp³-hybridized carbons (Fsp3) is 0.400. The van der Waals surface area contributed by atoms with Gasteiger partial charge >= 0.3 is 0 Å². The third-order valence-corrected chi connectivity index (χ3v) is 1.80. The first kappa shape index (κ1) is 9.20. The van der Waals surface area contributed by atoms with E-state index in [1.165, 1.54) is 13.8 Å². The Morgan fingerprint density at radius 1 is 1.42 bits per heavy atom. The minimum Gasteiger partial charge on any atom is -0.392 e. The molecule has 0 aliphatic heterocycles. The molecule has 1 aromatic carbocycles. The highest BCUT2D eigenvalue weighted by molar-refractivity contribution is 5.26. The van der Waals surface area contributed by atoms with Gasteiger partial charge in [0.1, 0.15) is 5.67 Å². The zero-order chi connectivity index (χ0) is 9.19. The Bertz CT molecular complexity index is 263. The molecule has 0 amide bonds. The second kappa shape index (κ2) is 3.23. The fourth-order valence-electron chi connectivity index (χ4n) is 1.04. The SMILES string of the molecule is CC(C)(F)c1cccc(CO)c1. The van der Waals surface area contributed by atoms with E-state index in [0.717, 1.165) is 5.56 Å². The summed E-state index contributed by atoms with van der Waals surface area (Å²) in [5, 5.41) is 8.81. The molecule has 0 spiro atoms. The van der Waals surface area contributed by atoms with Gasteiger partial charge in [0, 0.05) is 0 Å². The van der Waals surface area contributed by atoms with E-state index in [-0.39, 0.29) is 6.61 Å². The fourth-order valence-corrected chi connectivity index (χ4v) is 1.04. The lowest BCUT2D eigenvalue weighted by atomic mass is 9.98. The van der Waals surface area contributed by atoms with Gasteiger partial charge in [-0.3, -0.25) is 0 Å². The van der Waals surface area contributed by atoms with Crippen LogP contribution < -0.4 is 0 Å². The number of halogens is 1. The number of benzene rings is 1. The topological polar surface area (TPSA) is 20.2 Å². The van der Waals surface area contributed by atoms with E-state index in [4.69, 9.17) is 5.11 Å². The van der Waals surface area contributed by atoms with Crippen LogP contribution in [0.15, 0.2) is 24.3 Å². The van der Waals surface area contributed by atoms with Crippen molar-refractivity contribution in [1.29, 1.82) is 0 Å². The molecule has 0 aromatic heterocycles. The van der Waals surface area contributed by atoms with Crippen molar-refractivity contribution in [2.45, 2.75) is 26.1 Å². The summed E-state index contributed by atoms with van der Waals surface area (Å²) in [6, 6.07) is 6.93. The maximum atomic E-state index is 13.4. The quantitative estimate of drug-likeness (QED) is 0.718.